The maximum atomic E-state index is 13.2. The molecule has 4 rings (SSSR count). The lowest BCUT2D eigenvalue weighted by Gasteiger charge is -2.30. The van der Waals surface area contributed by atoms with Crippen molar-refractivity contribution >= 4 is 15.9 Å². The molecule has 1 aromatic carbocycles. The average Bonchev–Trinajstić information content (AvgIpc) is 3.02. The van der Waals surface area contributed by atoms with Gasteiger partial charge in [-0.2, -0.15) is 4.31 Å². The van der Waals surface area contributed by atoms with E-state index >= 15 is 0 Å². The van der Waals surface area contributed by atoms with Gasteiger partial charge in [0, 0.05) is 44.6 Å². The second-order valence-corrected chi connectivity index (χ2v) is 9.89. The monoisotopic (exact) mass is 448 g/mol. The van der Waals surface area contributed by atoms with Crippen LogP contribution in [0.1, 0.15) is 24.8 Å². The molecule has 1 amide bonds. The molecular weight excluding hydrogens is 424 g/mol. The normalized spacial score (nSPS) is 27.0. The van der Waals surface area contributed by atoms with E-state index in [4.69, 9.17) is 0 Å². The number of H-pyrrole nitrogens is 2. The second kappa shape index (κ2) is 8.06. The Hall–Kier alpha value is -2.76. The first-order valence-electron chi connectivity index (χ1n) is 10.0. The topological polar surface area (TPSA) is 144 Å². The molecule has 11 heteroatoms. The van der Waals surface area contributed by atoms with Gasteiger partial charge in [0.1, 0.15) is 0 Å². The highest BCUT2D eigenvalue weighted by molar-refractivity contribution is 7.89. The predicted octanol–water partition coefficient (Wildman–Crippen LogP) is -0.551. The van der Waals surface area contributed by atoms with Crippen molar-refractivity contribution in [1.29, 1.82) is 0 Å². The predicted molar refractivity (Wildman–Crippen MR) is 111 cm³/mol. The summed E-state index contributed by atoms with van der Waals surface area (Å²) in [7, 11) is -4.26. The number of carbonyl (C=O) groups is 1. The molecule has 1 aromatic heterocycles. The molecule has 0 radical (unpaired) electrons. The van der Waals surface area contributed by atoms with Gasteiger partial charge in [0.25, 0.3) is 5.56 Å². The van der Waals surface area contributed by atoms with Crippen molar-refractivity contribution < 1.29 is 18.3 Å². The molecule has 2 fully saturated rings. The molecule has 0 aliphatic carbocycles. The molecule has 166 valence electrons. The van der Waals surface area contributed by atoms with Crippen molar-refractivity contribution in [2.24, 2.45) is 5.92 Å². The number of hydrogen-bond acceptors (Lipinski definition) is 6. The van der Waals surface area contributed by atoms with Gasteiger partial charge in [0.05, 0.1) is 12.1 Å². The number of aliphatic hydroxyl groups is 1. The molecule has 0 saturated carbocycles. The van der Waals surface area contributed by atoms with E-state index in [0.29, 0.717) is 6.54 Å². The second-order valence-electron chi connectivity index (χ2n) is 7.99. The highest BCUT2D eigenvalue weighted by Crippen LogP contribution is 2.42. The number of fused-ring (bicyclic) bond motifs is 1. The summed E-state index contributed by atoms with van der Waals surface area (Å²) in [6.07, 6.45) is 0.213. The molecule has 2 aromatic rings. The minimum Gasteiger partial charge on any atom is -0.393 e. The van der Waals surface area contributed by atoms with Crippen molar-refractivity contribution in [1.82, 2.24) is 19.2 Å². The number of hydrogen-bond donors (Lipinski definition) is 3. The Morgan fingerprint density at radius 2 is 1.87 bits per heavy atom. The number of aromatic amines is 2. The number of nitrogens with one attached hydrogen (secondary N) is 2. The van der Waals surface area contributed by atoms with Crippen LogP contribution in [0, 0.1) is 5.92 Å². The van der Waals surface area contributed by atoms with Crippen LogP contribution in [0.4, 0.5) is 0 Å². The van der Waals surface area contributed by atoms with Crippen LogP contribution in [0.2, 0.25) is 0 Å². The number of benzene rings is 1. The molecule has 0 bridgehead atoms. The van der Waals surface area contributed by atoms with Gasteiger partial charge in [-0.25, -0.2) is 13.2 Å². The van der Waals surface area contributed by atoms with E-state index in [-0.39, 0.29) is 37.3 Å². The zero-order chi connectivity index (χ0) is 22.3. The van der Waals surface area contributed by atoms with E-state index in [9.17, 15) is 27.9 Å². The van der Waals surface area contributed by atoms with Crippen molar-refractivity contribution in [3.63, 3.8) is 0 Å². The lowest BCUT2D eigenvalue weighted by Crippen LogP contribution is -2.47. The minimum atomic E-state index is -4.26. The first-order chi connectivity index (χ1) is 14.7. The smallest absolute Gasteiger partial charge is 0.325 e. The Bertz CT molecular complexity index is 1190. The largest absolute Gasteiger partial charge is 0.393 e. The first kappa shape index (κ1) is 21.5. The Labute approximate surface area is 178 Å². The van der Waals surface area contributed by atoms with Crippen molar-refractivity contribution in [3.8, 4) is 0 Å². The summed E-state index contributed by atoms with van der Waals surface area (Å²) in [6, 6.07) is 9.01. The lowest BCUT2D eigenvalue weighted by molar-refractivity contribution is -0.130. The Morgan fingerprint density at radius 1 is 1.16 bits per heavy atom. The van der Waals surface area contributed by atoms with Crippen LogP contribution in [0.15, 0.2) is 51.0 Å². The van der Waals surface area contributed by atoms with Gasteiger partial charge in [-0.05, 0) is 12.0 Å². The van der Waals surface area contributed by atoms with E-state index in [1.165, 1.54) is 6.92 Å². The first-order valence-corrected chi connectivity index (χ1v) is 11.5. The highest BCUT2D eigenvalue weighted by Gasteiger charge is 2.50. The molecule has 2 aliphatic heterocycles. The fourth-order valence-corrected chi connectivity index (χ4v) is 6.26. The van der Waals surface area contributed by atoms with Crippen LogP contribution in [-0.2, 0) is 14.8 Å². The molecule has 2 aliphatic rings. The van der Waals surface area contributed by atoms with Crippen molar-refractivity contribution in [2.45, 2.75) is 36.3 Å². The summed E-state index contributed by atoms with van der Waals surface area (Å²) < 4.78 is 27.5. The number of aromatic nitrogens is 2. The Balaban J connectivity index is 1.73. The molecule has 4 atom stereocenters. The average molecular weight is 449 g/mol. The number of carbonyl (C=O) groups excluding carboxylic acids is 1. The summed E-state index contributed by atoms with van der Waals surface area (Å²) in [5.74, 6) is -0.689. The molecule has 0 unspecified atom stereocenters. The zero-order valence-corrected chi connectivity index (χ0v) is 17.7. The Morgan fingerprint density at radius 3 is 2.52 bits per heavy atom. The van der Waals surface area contributed by atoms with Crippen LogP contribution >= 0.6 is 0 Å². The van der Waals surface area contributed by atoms with E-state index in [1.807, 2.05) is 35.3 Å². The van der Waals surface area contributed by atoms with Crippen LogP contribution in [0.5, 0.6) is 0 Å². The molecule has 3 heterocycles. The van der Waals surface area contributed by atoms with Crippen LogP contribution in [0.3, 0.4) is 0 Å². The third kappa shape index (κ3) is 3.84. The Kier molecular flexibility index (Phi) is 5.58. The summed E-state index contributed by atoms with van der Waals surface area (Å²) in [5.41, 5.74) is -0.838. The van der Waals surface area contributed by atoms with Gasteiger partial charge in [0.2, 0.25) is 15.9 Å². The molecule has 10 nitrogen and oxygen atoms in total. The number of aliphatic hydroxyl groups excluding tert-OH is 1. The van der Waals surface area contributed by atoms with Crippen molar-refractivity contribution in [2.75, 3.05) is 19.6 Å². The quantitative estimate of drug-likeness (QED) is 0.575. The molecular formula is C20H24N4O6S. The SMILES string of the molecule is CC(=O)N1C[C@@H](c2ccccc2)[C@@H]2[C@H](O)CCN(S(=O)(=O)c3c[nH]c(=O)[nH]c3=O)C[C@H]21. The third-order valence-electron chi connectivity index (χ3n) is 6.25. The fraction of sp³-hybridized carbons (Fsp3) is 0.450. The van der Waals surface area contributed by atoms with E-state index in [1.54, 1.807) is 4.90 Å². The number of amides is 1. The van der Waals surface area contributed by atoms with Gasteiger partial charge >= 0.3 is 5.69 Å². The lowest BCUT2D eigenvalue weighted by atomic mass is 9.81. The zero-order valence-electron chi connectivity index (χ0n) is 16.9. The van der Waals surface area contributed by atoms with Gasteiger partial charge in [-0.15, -0.1) is 0 Å². The van der Waals surface area contributed by atoms with Crippen LogP contribution in [0.25, 0.3) is 0 Å². The van der Waals surface area contributed by atoms with Gasteiger partial charge in [0.15, 0.2) is 4.90 Å². The van der Waals surface area contributed by atoms with Gasteiger partial charge in [-0.1, -0.05) is 30.3 Å². The van der Waals surface area contributed by atoms with Crippen LogP contribution in [-0.4, -0.2) is 70.4 Å². The number of sulfonamides is 1. The summed E-state index contributed by atoms with van der Waals surface area (Å²) in [4.78, 5) is 40.9. The maximum absolute atomic E-state index is 13.2. The number of rotatable bonds is 3. The van der Waals surface area contributed by atoms with Gasteiger partial charge in [-0.3, -0.25) is 14.6 Å². The summed E-state index contributed by atoms with van der Waals surface area (Å²) >= 11 is 0. The molecule has 0 spiro atoms. The maximum Gasteiger partial charge on any atom is 0.325 e. The number of likely N-dealkylation sites (tertiary alicyclic amines) is 1. The molecule has 2 saturated heterocycles. The minimum absolute atomic E-state index is 0.0116. The number of nitrogens with zero attached hydrogens (tertiary/aromatic N) is 2. The third-order valence-corrected chi connectivity index (χ3v) is 8.12. The van der Waals surface area contributed by atoms with E-state index < -0.39 is 38.3 Å². The highest BCUT2D eigenvalue weighted by atomic mass is 32.2. The van der Waals surface area contributed by atoms with E-state index in [2.05, 4.69) is 4.98 Å². The van der Waals surface area contributed by atoms with Crippen molar-refractivity contribution in [3.05, 3.63) is 62.9 Å². The van der Waals surface area contributed by atoms with Crippen LogP contribution < -0.4 is 11.2 Å². The molecule has 31 heavy (non-hydrogen) atoms. The summed E-state index contributed by atoms with van der Waals surface area (Å²) in [6.45, 7) is 1.74. The standard InChI is InChI=1S/C20H24N4O6S/c1-12(25)24-10-14(13-5-3-2-4-6-13)18-15(24)11-23(8-7-16(18)26)31(29,30)17-9-21-20(28)22-19(17)27/h2-6,9,14-16,18,26H,7-8,10-11H2,1H3,(H2,21,22,27,28)/t14-,15+,16+,18-/m0/s1. The van der Waals surface area contributed by atoms with Gasteiger partial charge < -0.3 is 15.0 Å². The summed E-state index contributed by atoms with van der Waals surface area (Å²) in [5, 5.41) is 11.0. The van der Waals surface area contributed by atoms with E-state index in [0.717, 1.165) is 16.1 Å². The fourth-order valence-electron chi connectivity index (χ4n) is 4.79. The molecule has 3 N–H and O–H groups in total.